The SMILES string of the molecule is Cl.NCCC[C@H](O)C(=O)NC1CC1. The first kappa shape index (κ1) is 12.7. The van der Waals surface area contributed by atoms with Gasteiger partial charge < -0.3 is 16.2 Å². The molecule has 4 N–H and O–H groups in total. The van der Waals surface area contributed by atoms with Gasteiger partial charge in [-0.2, -0.15) is 0 Å². The smallest absolute Gasteiger partial charge is 0.249 e. The number of hydrogen-bond acceptors (Lipinski definition) is 3. The molecule has 0 heterocycles. The van der Waals surface area contributed by atoms with Crippen molar-refractivity contribution in [1.82, 2.24) is 5.32 Å². The molecule has 0 aromatic carbocycles. The van der Waals surface area contributed by atoms with Crippen molar-refractivity contribution in [3.8, 4) is 0 Å². The molecule has 1 rings (SSSR count). The average Bonchev–Trinajstić information content (AvgIpc) is 2.83. The average molecular weight is 209 g/mol. The zero-order valence-corrected chi connectivity index (χ0v) is 8.35. The van der Waals surface area contributed by atoms with Crippen LogP contribution in [0.2, 0.25) is 0 Å². The summed E-state index contributed by atoms with van der Waals surface area (Å²) in [6, 6.07) is 0.324. The minimum absolute atomic E-state index is 0. The molecule has 1 fully saturated rings. The molecule has 0 aromatic rings. The second-order valence-corrected chi connectivity index (χ2v) is 3.23. The largest absolute Gasteiger partial charge is 0.383 e. The number of amides is 1. The third kappa shape index (κ3) is 5.08. The molecule has 13 heavy (non-hydrogen) atoms. The molecule has 78 valence electrons. The van der Waals surface area contributed by atoms with Gasteiger partial charge in [0.15, 0.2) is 0 Å². The van der Waals surface area contributed by atoms with Crippen molar-refractivity contribution in [3.05, 3.63) is 0 Å². The quantitative estimate of drug-likeness (QED) is 0.585. The topological polar surface area (TPSA) is 75.3 Å². The zero-order valence-electron chi connectivity index (χ0n) is 7.53. The van der Waals surface area contributed by atoms with Crippen molar-refractivity contribution in [3.63, 3.8) is 0 Å². The Morgan fingerprint density at radius 3 is 2.69 bits per heavy atom. The summed E-state index contributed by atoms with van der Waals surface area (Å²) < 4.78 is 0. The van der Waals surface area contributed by atoms with Crippen LogP contribution in [0.4, 0.5) is 0 Å². The molecule has 1 aliphatic rings. The second-order valence-electron chi connectivity index (χ2n) is 3.23. The maximum Gasteiger partial charge on any atom is 0.249 e. The molecule has 0 bridgehead atoms. The number of nitrogens with two attached hydrogens (primary N) is 1. The number of aliphatic hydroxyl groups is 1. The molecule has 1 saturated carbocycles. The van der Waals surface area contributed by atoms with Gasteiger partial charge in [-0.15, -0.1) is 12.4 Å². The lowest BCUT2D eigenvalue weighted by Crippen LogP contribution is -2.36. The van der Waals surface area contributed by atoms with E-state index in [4.69, 9.17) is 5.73 Å². The number of carbonyl (C=O) groups excluding carboxylic acids is 1. The molecule has 0 aliphatic heterocycles. The van der Waals surface area contributed by atoms with Crippen molar-refractivity contribution in [1.29, 1.82) is 0 Å². The fourth-order valence-corrected chi connectivity index (χ4v) is 0.967. The van der Waals surface area contributed by atoms with Gasteiger partial charge in [-0.3, -0.25) is 4.79 Å². The van der Waals surface area contributed by atoms with Gasteiger partial charge in [-0.1, -0.05) is 0 Å². The molecule has 0 saturated heterocycles. The van der Waals surface area contributed by atoms with Gasteiger partial charge in [0.1, 0.15) is 6.10 Å². The molecule has 0 spiro atoms. The van der Waals surface area contributed by atoms with Crippen molar-refractivity contribution in [2.45, 2.75) is 37.8 Å². The highest BCUT2D eigenvalue weighted by Gasteiger charge is 2.25. The minimum atomic E-state index is -0.867. The fraction of sp³-hybridized carbons (Fsp3) is 0.875. The van der Waals surface area contributed by atoms with Gasteiger partial charge in [-0.25, -0.2) is 0 Å². The number of nitrogens with one attached hydrogen (secondary N) is 1. The van der Waals surface area contributed by atoms with Crippen molar-refractivity contribution < 1.29 is 9.90 Å². The lowest BCUT2D eigenvalue weighted by molar-refractivity contribution is -0.129. The summed E-state index contributed by atoms with van der Waals surface area (Å²) in [5.41, 5.74) is 5.25. The number of aliphatic hydroxyl groups excluding tert-OH is 1. The lowest BCUT2D eigenvalue weighted by atomic mass is 10.2. The summed E-state index contributed by atoms with van der Waals surface area (Å²) in [5.74, 6) is -0.244. The number of rotatable bonds is 5. The molecule has 0 unspecified atom stereocenters. The predicted molar refractivity (Wildman–Crippen MR) is 52.7 cm³/mol. The van der Waals surface area contributed by atoms with Gasteiger partial charge in [-0.05, 0) is 32.2 Å². The molecule has 0 aromatic heterocycles. The first-order chi connectivity index (χ1) is 5.74. The lowest BCUT2D eigenvalue weighted by Gasteiger charge is -2.09. The Morgan fingerprint density at radius 2 is 2.23 bits per heavy atom. The van der Waals surface area contributed by atoms with Gasteiger partial charge in [0.25, 0.3) is 0 Å². The van der Waals surface area contributed by atoms with Crippen LogP contribution in [0.15, 0.2) is 0 Å². The molecule has 4 nitrogen and oxygen atoms in total. The Labute approximate surface area is 84.3 Å². The Bertz CT molecular complexity index is 162. The highest BCUT2D eigenvalue weighted by atomic mass is 35.5. The van der Waals surface area contributed by atoms with E-state index in [1.54, 1.807) is 0 Å². The van der Waals surface area contributed by atoms with Crippen LogP contribution in [-0.2, 0) is 4.79 Å². The second kappa shape index (κ2) is 6.18. The Balaban J connectivity index is 0.00000144. The highest BCUT2D eigenvalue weighted by Crippen LogP contribution is 2.18. The number of hydrogen-bond donors (Lipinski definition) is 3. The first-order valence-corrected chi connectivity index (χ1v) is 4.42. The van der Waals surface area contributed by atoms with Crippen LogP contribution in [0.5, 0.6) is 0 Å². The molecule has 0 radical (unpaired) electrons. The summed E-state index contributed by atoms with van der Waals surface area (Å²) in [6.07, 6.45) is 2.40. The van der Waals surface area contributed by atoms with E-state index in [1.807, 2.05) is 0 Å². The summed E-state index contributed by atoms with van der Waals surface area (Å²) in [4.78, 5) is 11.1. The Morgan fingerprint density at radius 1 is 1.62 bits per heavy atom. The summed E-state index contributed by atoms with van der Waals surface area (Å²) in [5, 5.41) is 12.0. The van der Waals surface area contributed by atoms with E-state index < -0.39 is 6.10 Å². The van der Waals surface area contributed by atoms with E-state index in [-0.39, 0.29) is 18.3 Å². The van der Waals surface area contributed by atoms with Crippen molar-refractivity contribution >= 4 is 18.3 Å². The van der Waals surface area contributed by atoms with E-state index in [2.05, 4.69) is 5.32 Å². The third-order valence-electron chi connectivity index (χ3n) is 1.91. The third-order valence-corrected chi connectivity index (χ3v) is 1.91. The van der Waals surface area contributed by atoms with Crippen molar-refractivity contribution in [2.75, 3.05) is 6.54 Å². The Hall–Kier alpha value is -0.320. The first-order valence-electron chi connectivity index (χ1n) is 4.42. The number of halogens is 1. The van der Waals surface area contributed by atoms with Crippen LogP contribution in [0, 0.1) is 0 Å². The maximum atomic E-state index is 11.1. The summed E-state index contributed by atoms with van der Waals surface area (Å²) >= 11 is 0. The molecule has 1 aliphatic carbocycles. The monoisotopic (exact) mass is 208 g/mol. The van der Waals surface area contributed by atoms with Gasteiger partial charge in [0.2, 0.25) is 5.91 Å². The molecule has 1 amide bonds. The van der Waals surface area contributed by atoms with Gasteiger partial charge in [0.05, 0.1) is 0 Å². The van der Waals surface area contributed by atoms with Gasteiger partial charge >= 0.3 is 0 Å². The van der Waals surface area contributed by atoms with E-state index in [9.17, 15) is 9.90 Å². The Kier molecular flexibility index (Phi) is 6.03. The summed E-state index contributed by atoms with van der Waals surface area (Å²) in [6.45, 7) is 0.522. The van der Waals surface area contributed by atoms with Crippen LogP contribution in [-0.4, -0.2) is 29.7 Å². The van der Waals surface area contributed by atoms with Crippen LogP contribution in [0.1, 0.15) is 25.7 Å². The van der Waals surface area contributed by atoms with Crippen LogP contribution in [0.25, 0.3) is 0 Å². The normalized spacial score (nSPS) is 17.4. The standard InChI is InChI=1S/C8H16N2O2.ClH/c9-5-1-2-7(11)8(12)10-6-3-4-6;/h6-7,11H,1-5,9H2,(H,10,12);1H/t7-;/m0./s1. The fourth-order valence-electron chi connectivity index (χ4n) is 0.967. The van der Waals surface area contributed by atoms with Crippen LogP contribution in [0.3, 0.4) is 0 Å². The maximum absolute atomic E-state index is 11.1. The summed E-state index contributed by atoms with van der Waals surface area (Å²) in [7, 11) is 0. The zero-order chi connectivity index (χ0) is 8.97. The van der Waals surface area contributed by atoms with Crippen molar-refractivity contribution in [2.24, 2.45) is 5.73 Å². The molecular weight excluding hydrogens is 192 g/mol. The van der Waals surface area contributed by atoms with E-state index in [1.165, 1.54) is 0 Å². The van der Waals surface area contributed by atoms with E-state index >= 15 is 0 Å². The number of carbonyl (C=O) groups is 1. The molecule has 1 atom stereocenters. The van der Waals surface area contributed by atoms with Crippen LogP contribution < -0.4 is 11.1 Å². The molecule has 5 heteroatoms. The van der Waals surface area contributed by atoms with Gasteiger partial charge in [0, 0.05) is 6.04 Å². The minimum Gasteiger partial charge on any atom is -0.383 e. The van der Waals surface area contributed by atoms with E-state index in [0.717, 1.165) is 12.8 Å². The molecular formula is C8H17ClN2O2. The van der Waals surface area contributed by atoms with Crippen LogP contribution >= 0.6 is 12.4 Å². The predicted octanol–water partition coefficient (Wildman–Crippen LogP) is -0.213. The van der Waals surface area contributed by atoms with E-state index in [0.29, 0.717) is 25.4 Å². The highest BCUT2D eigenvalue weighted by molar-refractivity contribution is 5.85.